The summed E-state index contributed by atoms with van der Waals surface area (Å²) in [6, 6.07) is 5.62. The molecule has 1 rings (SSSR count). The van der Waals surface area contributed by atoms with Crippen LogP contribution in [0, 0.1) is 18.7 Å². The highest BCUT2D eigenvalue weighted by atomic mass is 19.1. The summed E-state index contributed by atoms with van der Waals surface area (Å²) in [6.45, 7) is 6.10. The maximum Gasteiger partial charge on any atom is 0.126 e. The largest absolute Gasteiger partial charge is 0.327 e. The van der Waals surface area contributed by atoms with Crippen molar-refractivity contribution in [3.8, 4) is 0 Å². The molecule has 16 heavy (non-hydrogen) atoms. The highest BCUT2D eigenvalue weighted by molar-refractivity contribution is 5.23. The van der Waals surface area contributed by atoms with Crippen molar-refractivity contribution >= 4 is 0 Å². The van der Waals surface area contributed by atoms with Gasteiger partial charge >= 0.3 is 0 Å². The lowest BCUT2D eigenvalue weighted by Crippen LogP contribution is -2.26. The van der Waals surface area contributed by atoms with Crippen molar-refractivity contribution in [2.24, 2.45) is 11.7 Å². The van der Waals surface area contributed by atoms with E-state index >= 15 is 0 Å². The van der Waals surface area contributed by atoms with Crippen LogP contribution in [0.2, 0.25) is 0 Å². The Hall–Kier alpha value is -0.890. The minimum Gasteiger partial charge on any atom is -0.327 e. The standard InChI is InChI=1S/C14H22FN/c1-10(2)14(16)6-4-5-12-7-8-13(15)11(3)9-12/h7-10,14H,4-6,16H2,1-3H3. The van der Waals surface area contributed by atoms with E-state index in [1.807, 2.05) is 12.1 Å². The van der Waals surface area contributed by atoms with Gasteiger partial charge in [0.05, 0.1) is 0 Å². The predicted octanol–water partition coefficient (Wildman–Crippen LogP) is 3.44. The van der Waals surface area contributed by atoms with Gasteiger partial charge in [0.2, 0.25) is 0 Å². The number of benzene rings is 1. The molecular weight excluding hydrogens is 201 g/mol. The average molecular weight is 223 g/mol. The molecule has 2 heteroatoms. The lowest BCUT2D eigenvalue weighted by atomic mass is 9.97. The summed E-state index contributed by atoms with van der Waals surface area (Å²) in [5.41, 5.74) is 7.91. The summed E-state index contributed by atoms with van der Waals surface area (Å²) in [6.07, 6.45) is 3.10. The monoisotopic (exact) mass is 223 g/mol. The number of hydrogen-bond acceptors (Lipinski definition) is 1. The van der Waals surface area contributed by atoms with Gasteiger partial charge in [0, 0.05) is 6.04 Å². The molecule has 0 saturated heterocycles. The maximum absolute atomic E-state index is 13.0. The van der Waals surface area contributed by atoms with Crippen LogP contribution in [0.3, 0.4) is 0 Å². The Balaban J connectivity index is 2.40. The van der Waals surface area contributed by atoms with E-state index in [1.165, 1.54) is 5.56 Å². The van der Waals surface area contributed by atoms with Crippen LogP contribution in [0.4, 0.5) is 4.39 Å². The van der Waals surface area contributed by atoms with Crippen LogP contribution < -0.4 is 5.73 Å². The number of nitrogens with two attached hydrogens (primary N) is 1. The van der Waals surface area contributed by atoms with Crippen LogP contribution in [0.15, 0.2) is 18.2 Å². The van der Waals surface area contributed by atoms with Crippen molar-refractivity contribution in [2.45, 2.75) is 46.1 Å². The molecule has 0 saturated carbocycles. The maximum atomic E-state index is 13.0. The van der Waals surface area contributed by atoms with Crippen LogP contribution in [-0.2, 0) is 6.42 Å². The predicted molar refractivity (Wildman–Crippen MR) is 66.9 cm³/mol. The first-order valence-corrected chi connectivity index (χ1v) is 6.01. The van der Waals surface area contributed by atoms with E-state index in [0.29, 0.717) is 5.92 Å². The third kappa shape index (κ3) is 3.93. The zero-order valence-corrected chi connectivity index (χ0v) is 10.5. The van der Waals surface area contributed by atoms with Crippen molar-refractivity contribution in [3.05, 3.63) is 35.1 Å². The van der Waals surface area contributed by atoms with E-state index in [4.69, 9.17) is 5.73 Å². The van der Waals surface area contributed by atoms with Gasteiger partial charge in [-0.2, -0.15) is 0 Å². The lowest BCUT2D eigenvalue weighted by Gasteiger charge is -2.15. The second kappa shape index (κ2) is 6.00. The molecule has 1 aromatic carbocycles. The molecule has 2 N–H and O–H groups in total. The van der Waals surface area contributed by atoms with Crippen molar-refractivity contribution < 1.29 is 4.39 Å². The Labute approximate surface area is 97.9 Å². The van der Waals surface area contributed by atoms with Crippen molar-refractivity contribution in [1.82, 2.24) is 0 Å². The second-order valence-electron chi connectivity index (χ2n) is 4.88. The smallest absolute Gasteiger partial charge is 0.126 e. The summed E-state index contributed by atoms with van der Waals surface area (Å²) >= 11 is 0. The highest BCUT2D eigenvalue weighted by Gasteiger charge is 2.07. The summed E-state index contributed by atoms with van der Waals surface area (Å²) in [4.78, 5) is 0. The number of rotatable bonds is 5. The first-order valence-electron chi connectivity index (χ1n) is 6.01. The van der Waals surface area contributed by atoms with Gasteiger partial charge in [-0.05, 0) is 49.3 Å². The normalized spacial score (nSPS) is 13.1. The van der Waals surface area contributed by atoms with Crippen molar-refractivity contribution in [1.29, 1.82) is 0 Å². The highest BCUT2D eigenvalue weighted by Crippen LogP contribution is 2.13. The van der Waals surface area contributed by atoms with E-state index in [0.717, 1.165) is 24.8 Å². The molecule has 0 amide bonds. The molecule has 1 atom stereocenters. The first-order chi connectivity index (χ1) is 7.50. The molecule has 0 fully saturated rings. The molecule has 0 radical (unpaired) electrons. The molecule has 1 nitrogen and oxygen atoms in total. The number of aryl methyl sites for hydroxylation is 2. The van der Waals surface area contributed by atoms with Gasteiger partial charge in [-0.3, -0.25) is 0 Å². The molecule has 0 aliphatic carbocycles. The molecule has 0 heterocycles. The van der Waals surface area contributed by atoms with Gasteiger partial charge in [0.1, 0.15) is 5.82 Å². The zero-order chi connectivity index (χ0) is 12.1. The van der Waals surface area contributed by atoms with Crippen LogP contribution >= 0.6 is 0 Å². The van der Waals surface area contributed by atoms with E-state index in [9.17, 15) is 4.39 Å². The van der Waals surface area contributed by atoms with E-state index in [1.54, 1.807) is 13.0 Å². The minimum atomic E-state index is -0.123. The SMILES string of the molecule is Cc1cc(CCCC(N)C(C)C)ccc1F. The van der Waals surface area contributed by atoms with E-state index < -0.39 is 0 Å². The third-order valence-corrected chi connectivity index (χ3v) is 3.08. The molecular formula is C14H22FN. The van der Waals surface area contributed by atoms with Gasteiger partial charge in [-0.15, -0.1) is 0 Å². The lowest BCUT2D eigenvalue weighted by molar-refractivity contribution is 0.452. The minimum absolute atomic E-state index is 0.123. The Morgan fingerprint density at radius 1 is 1.31 bits per heavy atom. The molecule has 0 spiro atoms. The van der Waals surface area contributed by atoms with Gasteiger partial charge in [0.25, 0.3) is 0 Å². The average Bonchev–Trinajstić information content (AvgIpc) is 2.23. The molecule has 1 unspecified atom stereocenters. The fraction of sp³-hybridized carbons (Fsp3) is 0.571. The van der Waals surface area contributed by atoms with Gasteiger partial charge in [0.15, 0.2) is 0 Å². The summed E-state index contributed by atoms with van der Waals surface area (Å²) < 4.78 is 13.0. The van der Waals surface area contributed by atoms with Crippen molar-refractivity contribution in [3.63, 3.8) is 0 Å². The first kappa shape index (κ1) is 13.2. The second-order valence-corrected chi connectivity index (χ2v) is 4.88. The van der Waals surface area contributed by atoms with Crippen LogP contribution in [0.25, 0.3) is 0 Å². The Morgan fingerprint density at radius 3 is 2.56 bits per heavy atom. The number of halogens is 1. The van der Waals surface area contributed by atoms with E-state index in [2.05, 4.69) is 13.8 Å². The molecule has 90 valence electrons. The van der Waals surface area contributed by atoms with Crippen LogP contribution in [-0.4, -0.2) is 6.04 Å². The molecule has 0 aliphatic heterocycles. The summed E-state index contributed by atoms with van der Waals surface area (Å²) in [5.74, 6) is 0.414. The zero-order valence-electron chi connectivity index (χ0n) is 10.5. The van der Waals surface area contributed by atoms with Gasteiger partial charge < -0.3 is 5.73 Å². The van der Waals surface area contributed by atoms with Gasteiger partial charge in [-0.1, -0.05) is 26.0 Å². The molecule has 1 aromatic rings. The molecule has 0 aliphatic rings. The van der Waals surface area contributed by atoms with Crippen LogP contribution in [0.5, 0.6) is 0 Å². The summed E-state index contributed by atoms with van der Waals surface area (Å²) in [7, 11) is 0. The topological polar surface area (TPSA) is 26.0 Å². The molecule has 0 bridgehead atoms. The van der Waals surface area contributed by atoms with E-state index in [-0.39, 0.29) is 11.9 Å². The van der Waals surface area contributed by atoms with Crippen LogP contribution in [0.1, 0.15) is 37.8 Å². The molecule has 0 aromatic heterocycles. The summed E-state index contributed by atoms with van der Waals surface area (Å²) in [5, 5.41) is 0. The quantitative estimate of drug-likeness (QED) is 0.813. The Morgan fingerprint density at radius 2 is 2.00 bits per heavy atom. The fourth-order valence-electron chi connectivity index (χ4n) is 1.74. The van der Waals surface area contributed by atoms with Gasteiger partial charge in [-0.25, -0.2) is 4.39 Å². The fourth-order valence-corrected chi connectivity index (χ4v) is 1.74. The Bertz CT molecular complexity index is 334. The number of hydrogen-bond donors (Lipinski definition) is 1. The third-order valence-electron chi connectivity index (χ3n) is 3.08. The Kier molecular flexibility index (Phi) is 4.94. The van der Waals surface area contributed by atoms with Crippen molar-refractivity contribution in [2.75, 3.05) is 0 Å².